The van der Waals surface area contributed by atoms with Crippen molar-refractivity contribution in [2.24, 2.45) is 5.92 Å². The van der Waals surface area contributed by atoms with E-state index in [4.69, 9.17) is 18.9 Å². The van der Waals surface area contributed by atoms with Gasteiger partial charge in [0.05, 0.1) is 0 Å². The van der Waals surface area contributed by atoms with Gasteiger partial charge in [-0.05, 0) is 0 Å². The van der Waals surface area contributed by atoms with Crippen LogP contribution in [-0.4, -0.2) is 68.3 Å². The predicted molar refractivity (Wildman–Crippen MR) is 113 cm³/mol. The molecule has 1 saturated heterocycles. The van der Waals surface area contributed by atoms with Gasteiger partial charge in [-0.25, -0.2) is 4.98 Å². The minimum absolute atomic E-state index is 0.0135. The highest BCUT2D eigenvalue weighted by atomic mass is 16.7. The van der Waals surface area contributed by atoms with Crippen LogP contribution < -0.4 is 10.9 Å². The minimum Gasteiger partial charge on any atom is -0.463 e. The lowest BCUT2D eigenvalue weighted by atomic mass is 10.1. The predicted octanol–water partition coefficient (Wildman–Crippen LogP) is 0.0380. The van der Waals surface area contributed by atoms with E-state index in [9.17, 15) is 24.0 Å². The number of carbonyl (C=O) groups is 4. The van der Waals surface area contributed by atoms with Crippen molar-refractivity contribution in [3.8, 4) is 0 Å². The van der Waals surface area contributed by atoms with Gasteiger partial charge in [0.25, 0.3) is 5.56 Å². The van der Waals surface area contributed by atoms with Gasteiger partial charge in [-0.2, -0.15) is 4.98 Å². The molecule has 4 atom stereocenters. The monoisotopic (exact) mass is 479 g/mol. The van der Waals surface area contributed by atoms with Gasteiger partial charge in [0.1, 0.15) is 19.0 Å². The molecule has 1 aliphatic rings. The lowest BCUT2D eigenvalue weighted by molar-refractivity contribution is -0.166. The molecular formula is C20H25N5O9. The minimum atomic E-state index is -1.20. The molecule has 0 saturated carbocycles. The average molecular weight is 479 g/mol. The molecule has 0 bridgehead atoms. The van der Waals surface area contributed by atoms with E-state index in [0.29, 0.717) is 0 Å². The molecular weight excluding hydrogens is 454 g/mol. The van der Waals surface area contributed by atoms with Crippen molar-refractivity contribution in [2.75, 3.05) is 11.9 Å². The van der Waals surface area contributed by atoms with Gasteiger partial charge in [0, 0.05) is 26.7 Å². The van der Waals surface area contributed by atoms with E-state index in [-0.39, 0.29) is 35.5 Å². The number of aromatic nitrogens is 4. The Hall–Kier alpha value is -3.81. The van der Waals surface area contributed by atoms with Crippen LogP contribution in [0.5, 0.6) is 0 Å². The highest BCUT2D eigenvalue weighted by Gasteiger charge is 2.51. The Morgan fingerprint density at radius 1 is 1.12 bits per heavy atom. The smallest absolute Gasteiger partial charge is 0.303 e. The third-order valence-electron chi connectivity index (χ3n) is 4.82. The molecule has 2 aromatic heterocycles. The second kappa shape index (κ2) is 9.99. The van der Waals surface area contributed by atoms with Gasteiger partial charge >= 0.3 is 17.9 Å². The zero-order chi connectivity index (χ0) is 25.2. The Morgan fingerprint density at radius 2 is 1.76 bits per heavy atom. The van der Waals surface area contributed by atoms with Crippen LogP contribution in [0.2, 0.25) is 0 Å². The third kappa shape index (κ3) is 5.39. The highest BCUT2D eigenvalue weighted by Crippen LogP contribution is 2.35. The van der Waals surface area contributed by atoms with Crippen LogP contribution in [0.4, 0.5) is 5.95 Å². The summed E-state index contributed by atoms with van der Waals surface area (Å²) in [6.07, 6.45) is -3.27. The van der Waals surface area contributed by atoms with Gasteiger partial charge in [0.15, 0.2) is 29.6 Å². The van der Waals surface area contributed by atoms with Crippen LogP contribution in [0.3, 0.4) is 0 Å². The fourth-order valence-corrected chi connectivity index (χ4v) is 3.38. The van der Waals surface area contributed by atoms with Gasteiger partial charge in [-0.3, -0.25) is 38.8 Å². The second-order valence-corrected chi connectivity index (χ2v) is 7.90. The summed E-state index contributed by atoms with van der Waals surface area (Å²) in [7, 11) is 0. The van der Waals surface area contributed by atoms with Crippen molar-refractivity contribution in [3.05, 3.63) is 16.7 Å². The zero-order valence-corrected chi connectivity index (χ0v) is 19.2. The lowest BCUT2D eigenvalue weighted by Gasteiger charge is -2.23. The first-order valence-corrected chi connectivity index (χ1v) is 10.4. The van der Waals surface area contributed by atoms with Crippen LogP contribution in [0, 0.1) is 5.92 Å². The molecule has 34 heavy (non-hydrogen) atoms. The first-order chi connectivity index (χ1) is 16.0. The summed E-state index contributed by atoms with van der Waals surface area (Å²) >= 11 is 0. The largest absolute Gasteiger partial charge is 0.463 e. The molecule has 3 rings (SSSR count). The standard InChI is InChI=1S/C20H25N5O9/c1-8(2)17(29)23-20-22-16-13(18(30)24-20)25(7-21-16)19-15(33-11(5)28)14(32-10(4)27)12(34-19)6-31-9(3)26/h7-8,12,14-15,19H,6H2,1-5H3,(H2,22,23,24,29,30)/t12-,14+,15-,19-/m1/s1. The fraction of sp³-hybridized carbons (Fsp3) is 0.550. The maximum absolute atomic E-state index is 12.8. The molecule has 14 heteroatoms. The molecule has 0 aromatic carbocycles. The van der Waals surface area contributed by atoms with E-state index >= 15 is 0 Å². The summed E-state index contributed by atoms with van der Waals surface area (Å²) in [6.45, 7) is 6.58. The number of ether oxygens (including phenoxy) is 4. The number of amides is 1. The Bertz CT molecular complexity index is 1170. The number of anilines is 1. The van der Waals surface area contributed by atoms with Crippen molar-refractivity contribution in [2.45, 2.75) is 59.2 Å². The van der Waals surface area contributed by atoms with Crippen LogP contribution in [0.15, 0.2) is 11.1 Å². The summed E-state index contributed by atoms with van der Waals surface area (Å²) < 4.78 is 22.9. The number of nitrogens with one attached hydrogen (secondary N) is 2. The Balaban J connectivity index is 2.02. The van der Waals surface area contributed by atoms with Crippen LogP contribution in [0.25, 0.3) is 11.2 Å². The molecule has 1 amide bonds. The average Bonchev–Trinajstić information content (AvgIpc) is 3.28. The normalized spacial score (nSPS) is 21.9. The molecule has 14 nitrogen and oxygen atoms in total. The van der Waals surface area contributed by atoms with Gasteiger partial charge < -0.3 is 18.9 Å². The number of aromatic amines is 1. The number of hydrogen-bond acceptors (Lipinski definition) is 11. The second-order valence-electron chi connectivity index (χ2n) is 7.90. The van der Waals surface area contributed by atoms with Gasteiger partial charge in [-0.1, -0.05) is 13.8 Å². The van der Waals surface area contributed by atoms with Crippen molar-refractivity contribution in [1.82, 2.24) is 19.5 Å². The third-order valence-corrected chi connectivity index (χ3v) is 4.82. The van der Waals surface area contributed by atoms with E-state index in [1.807, 2.05) is 0 Å². The molecule has 2 aromatic rings. The summed E-state index contributed by atoms with van der Waals surface area (Å²) in [4.78, 5) is 70.3. The van der Waals surface area contributed by atoms with Crippen molar-refractivity contribution >= 4 is 40.9 Å². The maximum atomic E-state index is 12.8. The molecule has 0 spiro atoms. The lowest BCUT2D eigenvalue weighted by Crippen LogP contribution is -2.40. The number of imidazole rings is 1. The van der Waals surface area contributed by atoms with Gasteiger partial charge in [-0.15, -0.1) is 0 Å². The first kappa shape index (κ1) is 24.8. The molecule has 1 aliphatic heterocycles. The fourth-order valence-electron chi connectivity index (χ4n) is 3.38. The number of nitrogens with zero attached hydrogens (tertiary/aromatic N) is 3. The molecule has 0 aliphatic carbocycles. The Labute approximate surface area is 192 Å². The van der Waals surface area contributed by atoms with Crippen molar-refractivity contribution in [1.29, 1.82) is 0 Å². The van der Waals surface area contributed by atoms with Gasteiger partial charge in [0.2, 0.25) is 11.9 Å². The summed E-state index contributed by atoms with van der Waals surface area (Å²) in [5, 5.41) is 2.49. The molecule has 2 N–H and O–H groups in total. The topological polar surface area (TPSA) is 181 Å². The summed E-state index contributed by atoms with van der Waals surface area (Å²) in [5.41, 5.74) is -0.709. The first-order valence-electron chi connectivity index (χ1n) is 10.4. The number of rotatable bonds is 7. The van der Waals surface area contributed by atoms with Crippen molar-refractivity contribution in [3.63, 3.8) is 0 Å². The zero-order valence-electron chi connectivity index (χ0n) is 19.2. The van der Waals surface area contributed by atoms with Crippen LogP contribution >= 0.6 is 0 Å². The van der Waals surface area contributed by atoms with Crippen LogP contribution in [-0.2, 0) is 38.1 Å². The quantitative estimate of drug-likeness (QED) is 0.404. The molecule has 0 radical (unpaired) electrons. The number of esters is 3. The molecule has 1 fully saturated rings. The molecule has 0 unspecified atom stereocenters. The summed E-state index contributed by atoms with van der Waals surface area (Å²) in [5.74, 6) is -2.76. The molecule has 3 heterocycles. The number of H-pyrrole nitrogens is 1. The van der Waals surface area contributed by atoms with E-state index < -0.39 is 48.0 Å². The summed E-state index contributed by atoms with van der Waals surface area (Å²) in [6, 6.07) is 0. The van der Waals surface area contributed by atoms with E-state index in [1.54, 1.807) is 13.8 Å². The van der Waals surface area contributed by atoms with E-state index in [1.165, 1.54) is 17.8 Å². The highest BCUT2D eigenvalue weighted by molar-refractivity contribution is 5.91. The number of hydrogen-bond donors (Lipinski definition) is 2. The SMILES string of the molecule is CC(=O)OC[C@H]1O[C@@H](n2cnc3nc(NC(=O)C(C)C)[nH]c(=O)c32)[C@H](OC(C)=O)[C@H]1OC(C)=O. The maximum Gasteiger partial charge on any atom is 0.303 e. The van der Waals surface area contributed by atoms with E-state index in [2.05, 4.69) is 20.3 Å². The van der Waals surface area contributed by atoms with E-state index in [0.717, 1.165) is 13.8 Å². The number of carbonyl (C=O) groups excluding carboxylic acids is 4. The van der Waals surface area contributed by atoms with Crippen LogP contribution in [0.1, 0.15) is 40.8 Å². The Kier molecular flexibility index (Phi) is 7.29. The Morgan fingerprint density at radius 3 is 2.35 bits per heavy atom. The molecule has 184 valence electrons. The van der Waals surface area contributed by atoms with Crippen molar-refractivity contribution < 1.29 is 38.1 Å². The number of fused-ring (bicyclic) bond motifs is 1.